The molecule has 1 aromatic rings. The molecule has 0 saturated carbocycles. The Morgan fingerprint density at radius 1 is 1.55 bits per heavy atom. The Morgan fingerprint density at radius 3 is 3.36 bits per heavy atom. The summed E-state index contributed by atoms with van der Waals surface area (Å²) in [6.07, 6.45) is 2.60. The van der Waals surface area contributed by atoms with Crippen molar-refractivity contribution in [1.82, 2.24) is 4.98 Å². The molecule has 0 radical (unpaired) electrons. The third-order valence-corrected chi connectivity index (χ3v) is 1.97. The first-order valence-corrected chi connectivity index (χ1v) is 3.95. The molecular formula is C8H8ClNO. The Balaban J connectivity index is 2.43. The zero-order valence-corrected chi connectivity index (χ0v) is 6.77. The summed E-state index contributed by atoms with van der Waals surface area (Å²) in [4.78, 5) is 4.21. The zero-order valence-electron chi connectivity index (χ0n) is 6.01. The average Bonchev–Trinajstić information content (AvgIpc) is 2.04. The van der Waals surface area contributed by atoms with E-state index in [-0.39, 0.29) is 0 Å². The van der Waals surface area contributed by atoms with Crippen LogP contribution >= 0.6 is 11.6 Å². The molecule has 58 valence electrons. The molecule has 0 aromatic carbocycles. The minimum Gasteiger partial charge on any atom is -0.376 e. The van der Waals surface area contributed by atoms with Crippen LogP contribution in [0.3, 0.4) is 0 Å². The van der Waals surface area contributed by atoms with Gasteiger partial charge in [-0.15, -0.1) is 0 Å². The molecule has 2 heterocycles. The van der Waals surface area contributed by atoms with Crippen molar-refractivity contribution < 1.29 is 4.74 Å². The van der Waals surface area contributed by atoms with E-state index < -0.39 is 0 Å². The van der Waals surface area contributed by atoms with Crippen LogP contribution in [0.1, 0.15) is 11.3 Å². The maximum atomic E-state index is 5.76. The van der Waals surface area contributed by atoms with E-state index in [1.54, 1.807) is 6.20 Å². The van der Waals surface area contributed by atoms with Gasteiger partial charge in [-0.1, -0.05) is 11.6 Å². The number of hydrogen-bond donors (Lipinski definition) is 0. The highest BCUT2D eigenvalue weighted by molar-refractivity contribution is 6.30. The van der Waals surface area contributed by atoms with Gasteiger partial charge in [0.1, 0.15) is 0 Å². The van der Waals surface area contributed by atoms with Crippen LogP contribution in [0.5, 0.6) is 0 Å². The first-order valence-electron chi connectivity index (χ1n) is 3.57. The molecule has 0 unspecified atom stereocenters. The largest absolute Gasteiger partial charge is 0.376 e. The van der Waals surface area contributed by atoms with Gasteiger partial charge in [0.2, 0.25) is 0 Å². The van der Waals surface area contributed by atoms with Crippen molar-refractivity contribution >= 4 is 11.6 Å². The quantitative estimate of drug-likeness (QED) is 0.591. The molecule has 0 fully saturated rings. The molecule has 0 saturated heterocycles. The predicted molar refractivity (Wildman–Crippen MR) is 42.6 cm³/mol. The molecule has 2 nitrogen and oxygen atoms in total. The lowest BCUT2D eigenvalue weighted by atomic mass is 10.1. The Bertz CT molecular complexity index is 275. The van der Waals surface area contributed by atoms with Gasteiger partial charge >= 0.3 is 0 Å². The van der Waals surface area contributed by atoms with Gasteiger partial charge in [-0.05, 0) is 6.07 Å². The van der Waals surface area contributed by atoms with Gasteiger partial charge in [0.25, 0.3) is 0 Å². The lowest BCUT2D eigenvalue weighted by Crippen LogP contribution is -2.11. The first-order chi connectivity index (χ1) is 5.36. The molecule has 0 aliphatic carbocycles. The van der Waals surface area contributed by atoms with Crippen LogP contribution in [-0.2, 0) is 17.8 Å². The number of fused-ring (bicyclic) bond motifs is 1. The van der Waals surface area contributed by atoms with E-state index in [0.29, 0.717) is 11.6 Å². The highest BCUT2D eigenvalue weighted by Crippen LogP contribution is 2.17. The highest BCUT2D eigenvalue weighted by atomic mass is 35.5. The van der Waals surface area contributed by atoms with E-state index in [9.17, 15) is 0 Å². The van der Waals surface area contributed by atoms with E-state index in [0.717, 1.165) is 24.3 Å². The second kappa shape index (κ2) is 2.80. The molecule has 3 heteroatoms. The molecule has 0 N–H and O–H groups in total. The van der Waals surface area contributed by atoms with Crippen LogP contribution < -0.4 is 0 Å². The van der Waals surface area contributed by atoms with Gasteiger partial charge in [0, 0.05) is 23.9 Å². The van der Waals surface area contributed by atoms with Crippen LogP contribution in [0.2, 0.25) is 5.02 Å². The summed E-state index contributed by atoms with van der Waals surface area (Å²) in [5.41, 5.74) is 2.25. The molecule has 11 heavy (non-hydrogen) atoms. The summed E-state index contributed by atoms with van der Waals surface area (Å²) >= 11 is 5.76. The van der Waals surface area contributed by atoms with E-state index in [1.807, 2.05) is 6.07 Å². The molecule has 0 atom stereocenters. The molecule has 1 aromatic heterocycles. The number of rotatable bonds is 0. The number of ether oxygens (including phenoxy) is 1. The van der Waals surface area contributed by atoms with Crippen molar-refractivity contribution in [3.8, 4) is 0 Å². The van der Waals surface area contributed by atoms with Crippen molar-refractivity contribution in [2.24, 2.45) is 0 Å². The number of nitrogens with zero attached hydrogens (tertiary/aromatic N) is 1. The predicted octanol–water partition coefficient (Wildman–Crippen LogP) is 1.81. The Morgan fingerprint density at radius 2 is 2.45 bits per heavy atom. The van der Waals surface area contributed by atoms with Gasteiger partial charge < -0.3 is 4.74 Å². The Kier molecular flexibility index (Phi) is 1.80. The maximum absolute atomic E-state index is 5.76. The molecule has 1 aliphatic heterocycles. The fourth-order valence-electron chi connectivity index (χ4n) is 1.21. The molecule has 0 spiro atoms. The van der Waals surface area contributed by atoms with Crippen molar-refractivity contribution in [2.75, 3.05) is 6.61 Å². The van der Waals surface area contributed by atoms with Crippen molar-refractivity contribution in [2.45, 2.75) is 13.0 Å². The van der Waals surface area contributed by atoms with Crippen molar-refractivity contribution in [3.63, 3.8) is 0 Å². The van der Waals surface area contributed by atoms with E-state index in [1.165, 1.54) is 0 Å². The van der Waals surface area contributed by atoms with Gasteiger partial charge in [0.05, 0.1) is 18.2 Å². The third kappa shape index (κ3) is 1.37. The van der Waals surface area contributed by atoms with E-state index in [2.05, 4.69) is 4.98 Å². The van der Waals surface area contributed by atoms with Crippen LogP contribution in [0.25, 0.3) is 0 Å². The SMILES string of the molecule is Clc1cnc2c(c1)COCC2. The lowest BCUT2D eigenvalue weighted by molar-refractivity contribution is 0.109. The second-order valence-electron chi connectivity index (χ2n) is 2.56. The fraction of sp³-hybridized carbons (Fsp3) is 0.375. The standard InChI is InChI=1S/C8H8ClNO/c9-7-3-6-5-11-2-1-8(6)10-4-7/h3-4H,1-2,5H2. The van der Waals surface area contributed by atoms with Crippen LogP contribution in [0.4, 0.5) is 0 Å². The number of pyridine rings is 1. The van der Waals surface area contributed by atoms with Gasteiger partial charge in [-0.2, -0.15) is 0 Å². The minimum absolute atomic E-state index is 0.656. The fourth-order valence-corrected chi connectivity index (χ4v) is 1.39. The van der Waals surface area contributed by atoms with Crippen molar-refractivity contribution in [1.29, 1.82) is 0 Å². The van der Waals surface area contributed by atoms with E-state index in [4.69, 9.17) is 16.3 Å². The number of hydrogen-bond acceptors (Lipinski definition) is 2. The summed E-state index contributed by atoms with van der Waals surface area (Å²) in [5.74, 6) is 0. The summed E-state index contributed by atoms with van der Waals surface area (Å²) in [5, 5.41) is 0.689. The summed E-state index contributed by atoms with van der Waals surface area (Å²) in [7, 11) is 0. The zero-order chi connectivity index (χ0) is 7.68. The normalized spacial score (nSPS) is 16.1. The second-order valence-corrected chi connectivity index (χ2v) is 3.00. The summed E-state index contributed by atoms with van der Waals surface area (Å²) < 4.78 is 5.25. The number of halogens is 1. The molecule has 0 bridgehead atoms. The van der Waals surface area contributed by atoms with Crippen LogP contribution in [0, 0.1) is 0 Å². The van der Waals surface area contributed by atoms with E-state index >= 15 is 0 Å². The number of aromatic nitrogens is 1. The lowest BCUT2D eigenvalue weighted by Gasteiger charge is -2.14. The molecule has 2 rings (SSSR count). The van der Waals surface area contributed by atoms with Crippen molar-refractivity contribution in [3.05, 3.63) is 28.5 Å². The summed E-state index contributed by atoms with van der Waals surface area (Å²) in [6.45, 7) is 1.44. The smallest absolute Gasteiger partial charge is 0.0735 e. The molecular weight excluding hydrogens is 162 g/mol. The molecule has 0 amide bonds. The van der Waals surface area contributed by atoms with Crippen LogP contribution in [-0.4, -0.2) is 11.6 Å². The summed E-state index contributed by atoms with van der Waals surface area (Å²) in [6, 6.07) is 1.92. The third-order valence-electron chi connectivity index (χ3n) is 1.77. The average molecular weight is 170 g/mol. The van der Waals surface area contributed by atoms with Gasteiger partial charge in [0.15, 0.2) is 0 Å². The monoisotopic (exact) mass is 169 g/mol. The topological polar surface area (TPSA) is 22.1 Å². The maximum Gasteiger partial charge on any atom is 0.0735 e. The minimum atomic E-state index is 0.656. The van der Waals surface area contributed by atoms with Crippen LogP contribution in [0.15, 0.2) is 12.3 Å². The first kappa shape index (κ1) is 7.07. The Hall–Kier alpha value is -0.600. The molecule has 1 aliphatic rings. The van der Waals surface area contributed by atoms with Gasteiger partial charge in [-0.3, -0.25) is 4.98 Å². The highest BCUT2D eigenvalue weighted by Gasteiger charge is 2.09. The van der Waals surface area contributed by atoms with Gasteiger partial charge in [-0.25, -0.2) is 0 Å². The Labute approximate surface area is 70.2 Å².